The van der Waals surface area contributed by atoms with Gasteiger partial charge in [0.2, 0.25) is 0 Å². The predicted molar refractivity (Wildman–Crippen MR) is 245 cm³/mol. The van der Waals surface area contributed by atoms with Crippen molar-refractivity contribution in [1.82, 2.24) is 8.80 Å². The van der Waals surface area contributed by atoms with Gasteiger partial charge in [-0.25, -0.2) is 0 Å². The highest BCUT2D eigenvalue weighted by molar-refractivity contribution is 6.45. The standard InChI is InChI=1S/C54H34N4/c1-5-17-35(18-6-1)55(36-19-7-2-8-20-36)39-29-31-43-47(33-39)57-45-27-15-13-25-41(45)50-52-44-32-30-40(56(37-21-9-3-10-22-37)38-23-11-4-12-24-38)34-48(44)58-46-28-16-14-26-42(46)49(54(52)58)51(43)53(50)57/h1-34H. The van der Waals surface area contributed by atoms with E-state index in [1.165, 1.54) is 76.2 Å². The number of anilines is 6. The summed E-state index contributed by atoms with van der Waals surface area (Å²) in [6.45, 7) is 0. The molecule has 0 amide bonds. The van der Waals surface area contributed by atoms with Crippen molar-refractivity contribution < 1.29 is 0 Å². The van der Waals surface area contributed by atoms with Crippen LogP contribution in [-0.4, -0.2) is 8.80 Å². The Morgan fingerprint density at radius 3 is 0.879 bits per heavy atom. The van der Waals surface area contributed by atoms with Gasteiger partial charge < -0.3 is 18.6 Å². The van der Waals surface area contributed by atoms with Crippen LogP contribution in [0.4, 0.5) is 34.1 Å². The summed E-state index contributed by atoms with van der Waals surface area (Å²) < 4.78 is 5.10. The van der Waals surface area contributed by atoms with E-state index >= 15 is 0 Å². The fourth-order valence-corrected chi connectivity index (χ4v) is 10.0. The minimum absolute atomic E-state index is 1.13. The molecule has 0 aliphatic heterocycles. The summed E-state index contributed by atoms with van der Waals surface area (Å²) >= 11 is 0. The Hall–Kier alpha value is -7.82. The molecule has 270 valence electrons. The number of fused-ring (bicyclic) bond motifs is 14. The first-order valence-corrected chi connectivity index (χ1v) is 20.0. The second-order valence-corrected chi connectivity index (χ2v) is 15.3. The van der Waals surface area contributed by atoms with Crippen LogP contribution in [-0.2, 0) is 0 Å². The van der Waals surface area contributed by atoms with Crippen molar-refractivity contribution in [3.8, 4) is 0 Å². The van der Waals surface area contributed by atoms with Crippen LogP contribution in [0, 0.1) is 0 Å². The summed E-state index contributed by atoms with van der Waals surface area (Å²) in [5, 5.41) is 10.3. The summed E-state index contributed by atoms with van der Waals surface area (Å²) in [7, 11) is 0. The maximum atomic E-state index is 2.55. The first-order chi connectivity index (χ1) is 28.8. The quantitative estimate of drug-likeness (QED) is 0.169. The second-order valence-electron chi connectivity index (χ2n) is 15.3. The molecule has 13 rings (SSSR count). The van der Waals surface area contributed by atoms with Crippen molar-refractivity contribution in [1.29, 1.82) is 0 Å². The highest BCUT2D eigenvalue weighted by atomic mass is 15.1. The van der Waals surface area contributed by atoms with Crippen LogP contribution in [0.1, 0.15) is 0 Å². The third kappa shape index (κ3) is 4.18. The number of rotatable bonds is 6. The van der Waals surface area contributed by atoms with Crippen molar-refractivity contribution >= 4 is 110 Å². The molecule has 4 nitrogen and oxygen atoms in total. The maximum absolute atomic E-state index is 2.55. The Kier molecular flexibility index (Phi) is 6.41. The monoisotopic (exact) mass is 738 g/mol. The van der Waals surface area contributed by atoms with Crippen molar-refractivity contribution in [3.05, 3.63) is 206 Å². The zero-order valence-electron chi connectivity index (χ0n) is 31.4. The van der Waals surface area contributed by atoms with E-state index in [1.54, 1.807) is 0 Å². The van der Waals surface area contributed by atoms with Crippen molar-refractivity contribution in [3.63, 3.8) is 0 Å². The molecule has 0 aliphatic rings. The van der Waals surface area contributed by atoms with Gasteiger partial charge in [0.1, 0.15) is 0 Å². The molecule has 0 saturated heterocycles. The maximum Gasteiger partial charge on any atom is 0.0634 e. The minimum atomic E-state index is 1.13. The SMILES string of the molecule is c1ccc(N(c2ccccc2)c2ccc3c4c5c6ccccc6n6c7cc(N(c8ccccc8)c8ccccc8)ccc7c(c7c8ccccc8n(c3c2)c74)c56)cc1. The van der Waals surface area contributed by atoms with Crippen molar-refractivity contribution in [2.24, 2.45) is 0 Å². The van der Waals surface area contributed by atoms with E-state index < -0.39 is 0 Å². The fraction of sp³-hybridized carbons (Fsp3) is 0. The number of hydrogen-bond donors (Lipinski definition) is 0. The molecule has 13 aromatic rings. The van der Waals surface area contributed by atoms with E-state index in [0.717, 1.165) is 34.1 Å². The predicted octanol–water partition coefficient (Wildman–Crippen LogP) is 14.9. The fourth-order valence-electron chi connectivity index (χ4n) is 10.0. The number of aromatic nitrogens is 2. The molecule has 0 unspecified atom stereocenters. The summed E-state index contributed by atoms with van der Waals surface area (Å²) in [4.78, 5) is 4.73. The third-order valence-corrected chi connectivity index (χ3v) is 12.3. The van der Waals surface area contributed by atoms with Crippen molar-refractivity contribution in [2.45, 2.75) is 0 Å². The first-order valence-electron chi connectivity index (χ1n) is 20.0. The highest BCUT2D eigenvalue weighted by Crippen LogP contribution is 2.53. The zero-order valence-corrected chi connectivity index (χ0v) is 31.4. The molecule has 4 aromatic heterocycles. The number of nitrogens with zero attached hydrogens (tertiary/aromatic N) is 4. The minimum Gasteiger partial charge on any atom is -0.310 e. The molecule has 0 fully saturated rings. The van der Waals surface area contributed by atoms with E-state index in [9.17, 15) is 0 Å². The number of benzene rings is 9. The lowest BCUT2D eigenvalue weighted by molar-refractivity contribution is 1.28. The van der Waals surface area contributed by atoms with Gasteiger partial charge in [-0.15, -0.1) is 0 Å². The molecule has 0 bridgehead atoms. The Morgan fingerprint density at radius 1 is 0.241 bits per heavy atom. The molecule has 0 saturated carbocycles. The molecule has 58 heavy (non-hydrogen) atoms. The van der Waals surface area contributed by atoms with Gasteiger partial charge >= 0.3 is 0 Å². The Labute approximate surface area is 333 Å². The van der Waals surface area contributed by atoms with Gasteiger partial charge in [0.25, 0.3) is 0 Å². The smallest absolute Gasteiger partial charge is 0.0634 e. The lowest BCUT2D eigenvalue weighted by atomic mass is 9.97. The highest BCUT2D eigenvalue weighted by Gasteiger charge is 2.29. The normalized spacial score (nSPS) is 12.1. The van der Waals surface area contributed by atoms with Gasteiger partial charge in [0.15, 0.2) is 0 Å². The zero-order chi connectivity index (χ0) is 37.9. The van der Waals surface area contributed by atoms with Gasteiger partial charge in [-0.3, -0.25) is 0 Å². The molecule has 0 N–H and O–H groups in total. The van der Waals surface area contributed by atoms with E-state index in [0.29, 0.717) is 0 Å². The lowest BCUT2D eigenvalue weighted by Crippen LogP contribution is -2.09. The largest absolute Gasteiger partial charge is 0.310 e. The molecule has 0 radical (unpaired) electrons. The van der Waals surface area contributed by atoms with Gasteiger partial charge in [0, 0.05) is 77.2 Å². The van der Waals surface area contributed by atoms with Crippen LogP contribution >= 0.6 is 0 Å². The van der Waals surface area contributed by atoms with E-state index in [1.807, 2.05) is 0 Å². The molecular formula is C54H34N4. The van der Waals surface area contributed by atoms with Crippen LogP contribution in [0.2, 0.25) is 0 Å². The van der Waals surface area contributed by atoms with Crippen molar-refractivity contribution in [2.75, 3.05) is 9.80 Å². The summed E-state index contributed by atoms with van der Waals surface area (Å²) in [6.07, 6.45) is 0. The van der Waals surface area contributed by atoms with Crippen LogP contribution in [0.5, 0.6) is 0 Å². The molecule has 4 heterocycles. The van der Waals surface area contributed by atoms with Crippen LogP contribution in [0.15, 0.2) is 206 Å². The Morgan fingerprint density at radius 2 is 0.534 bits per heavy atom. The molecule has 0 atom stereocenters. The third-order valence-electron chi connectivity index (χ3n) is 12.3. The Balaban J connectivity index is 1.17. The van der Waals surface area contributed by atoms with Crippen LogP contribution in [0.25, 0.3) is 76.2 Å². The number of hydrogen-bond acceptors (Lipinski definition) is 2. The molecule has 0 spiro atoms. The summed E-state index contributed by atoms with van der Waals surface area (Å²) in [5.41, 5.74) is 14.2. The van der Waals surface area contributed by atoms with Crippen LogP contribution in [0.3, 0.4) is 0 Å². The van der Waals surface area contributed by atoms with E-state index in [-0.39, 0.29) is 0 Å². The van der Waals surface area contributed by atoms with Gasteiger partial charge in [-0.05, 0) is 84.9 Å². The van der Waals surface area contributed by atoms with E-state index in [4.69, 9.17) is 0 Å². The van der Waals surface area contributed by atoms with Gasteiger partial charge in [-0.1, -0.05) is 121 Å². The van der Waals surface area contributed by atoms with Crippen LogP contribution < -0.4 is 9.80 Å². The first kappa shape index (κ1) is 31.4. The average Bonchev–Trinajstić information content (AvgIpc) is 4.01. The van der Waals surface area contributed by atoms with E-state index in [2.05, 4.69) is 225 Å². The van der Waals surface area contributed by atoms with Gasteiger partial charge in [-0.2, -0.15) is 0 Å². The Bertz CT molecular complexity index is 3340. The molecule has 9 aromatic carbocycles. The summed E-state index contributed by atoms with van der Waals surface area (Å²) in [6, 6.07) is 74.9. The molecular weight excluding hydrogens is 705 g/mol. The van der Waals surface area contributed by atoms with Gasteiger partial charge in [0.05, 0.1) is 33.1 Å². The molecule has 0 aliphatic carbocycles. The molecule has 4 heteroatoms. The topological polar surface area (TPSA) is 15.3 Å². The summed E-state index contributed by atoms with van der Waals surface area (Å²) in [5.74, 6) is 0. The lowest BCUT2D eigenvalue weighted by Gasteiger charge is -2.25. The average molecular weight is 739 g/mol. The number of para-hydroxylation sites is 6. The second kappa shape index (κ2) is 11.8.